The molecule has 2 aliphatic rings. The summed E-state index contributed by atoms with van der Waals surface area (Å²) >= 11 is 0. The van der Waals surface area contributed by atoms with Crippen LogP contribution in [0.1, 0.15) is 54.6 Å². The molecule has 33 heavy (non-hydrogen) atoms. The predicted octanol–water partition coefficient (Wildman–Crippen LogP) is 3.03. The molecule has 2 aromatic heterocycles. The molecule has 1 aliphatic heterocycles. The lowest BCUT2D eigenvalue weighted by Crippen LogP contribution is -2.30. The Bertz CT molecular complexity index is 1040. The number of ether oxygens (including phenoxy) is 1. The number of benzene rings is 1. The molecule has 9 heteroatoms. The number of carbonyl (C=O) groups is 1. The summed E-state index contributed by atoms with van der Waals surface area (Å²) in [5.41, 5.74) is 7.32. The maximum absolute atomic E-state index is 12.6. The van der Waals surface area contributed by atoms with E-state index >= 15 is 0 Å². The van der Waals surface area contributed by atoms with Gasteiger partial charge in [-0.1, -0.05) is 6.42 Å². The normalized spacial score (nSPS) is 16.0. The molecule has 1 aromatic carbocycles. The molecule has 0 radical (unpaired) electrons. The van der Waals surface area contributed by atoms with Crippen LogP contribution in [0.4, 0.5) is 5.82 Å². The Morgan fingerprint density at radius 3 is 2.61 bits per heavy atom. The molecule has 1 saturated heterocycles. The van der Waals surface area contributed by atoms with Crippen molar-refractivity contribution in [3.05, 3.63) is 41.7 Å². The topological polar surface area (TPSA) is 122 Å². The number of rotatable bonds is 6. The van der Waals surface area contributed by atoms with Crippen LogP contribution >= 0.6 is 0 Å². The molecule has 5 rings (SSSR count). The first-order chi connectivity index (χ1) is 16.2. The number of methoxy groups -OCH3 is 1. The Morgan fingerprint density at radius 1 is 1.18 bits per heavy atom. The fourth-order valence-corrected chi connectivity index (χ4v) is 4.06. The highest BCUT2D eigenvalue weighted by Gasteiger charge is 2.16. The Labute approximate surface area is 194 Å². The minimum Gasteiger partial charge on any atom is -0.497 e. The third-order valence-electron chi connectivity index (χ3n) is 6.39. The van der Waals surface area contributed by atoms with Crippen molar-refractivity contribution in [2.75, 3.05) is 31.6 Å². The summed E-state index contributed by atoms with van der Waals surface area (Å²) in [7, 11) is 1.57. The van der Waals surface area contributed by atoms with Crippen LogP contribution in [0, 0.1) is 5.92 Å². The van der Waals surface area contributed by atoms with E-state index in [1.54, 1.807) is 19.4 Å². The summed E-state index contributed by atoms with van der Waals surface area (Å²) in [6.07, 6.45) is 9.50. The number of carbonyl (C=O) groups excluding carboxylic acids is 1. The summed E-state index contributed by atoms with van der Waals surface area (Å²) < 4.78 is 5.26. The third kappa shape index (κ3) is 5.78. The lowest BCUT2D eigenvalue weighted by molar-refractivity contribution is 0.0951. The van der Waals surface area contributed by atoms with Gasteiger partial charge < -0.3 is 20.7 Å². The molecule has 1 aliphatic carbocycles. The Hall–Kier alpha value is -3.20. The number of amides is 1. The molecule has 1 amide bonds. The van der Waals surface area contributed by atoms with E-state index in [2.05, 4.69) is 30.6 Å². The van der Waals surface area contributed by atoms with Gasteiger partial charge in [0, 0.05) is 24.5 Å². The molecule has 3 heterocycles. The van der Waals surface area contributed by atoms with Gasteiger partial charge in [-0.3, -0.25) is 9.89 Å². The van der Waals surface area contributed by atoms with Crippen LogP contribution in [0.2, 0.25) is 0 Å². The lowest BCUT2D eigenvalue weighted by Gasteiger charge is -2.27. The van der Waals surface area contributed by atoms with Gasteiger partial charge in [-0.15, -0.1) is 5.10 Å². The fourth-order valence-electron chi connectivity index (χ4n) is 4.06. The molecular weight excluding hydrogens is 418 g/mol. The molecule has 0 unspecified atom stereocenters. The van der Waals surface area contributed by atoms with E-state index in [1.807, 2.05) is 18.2 Å². The first-order valence-corrected chi connectivity index (χ1v) is 11.7. The van der Waals surface area contributed by atoms with E-state index in [0.29, 0.717) is 17.9 Å². The second-order valence-electron chi connectivity index (χ2n) is 8.65. The van der Waals surface area contributed by atoms with Crippen LogP contribution in [0.25, 0.3) is 10.9 Å². The van der Waals surface area contributed by atoms with Crippen molar-refractivity contribution in [3.8, 4) is 5.75 Å². The Morgan fingerprint density at radius 2 is 2.00 bits per heavy atom. The fraction of sp³-hybridized carbons (Fsp3) is 0.500. The Kier molecular flexibility index (Phi) is 7.72. The van der Waals surface area contributed by atoms with Crippen molar-refractivity contribution >= 4 is 22.6 Å². The molecular formula is C24H33N7O2. The summed E-state index contributed by atoms with van der Waals surface area (Å²) in [6.45, 7) is 3.28. The molecule has 176 valence electrons. The van der Waals surface area contributed by atoms with Gasteiger partial charge in [0.15, 0.2) is 5.82 Å². The van der Waals surface area contributed by atoms with Gasteiger partial charge in [-0.05, 0) is 62.8 Å². The number of anilines is 1. The summed E-state index contributed by atoms with van der Waals surface area (Å²) in [5.74, 6) is 2.19. The zero-order valence-electron chi connectivity index (χ0n) is 19.2. The van der Waals surface area contributed by atoms with E-state index < -0.39 is 0 Å². The van der Waals surface area contributed by atoms with Gasteiger partial charge in [0.05, 0.1) is 36.6 Å². The number of fused-ring (bicyclic) bond motifs is 1. The zero-order chi connectivity index (χ0) is 23.0. The third-order valence-corrected chi connectivity index (χ3v) is 6.39. The van der Waals surface area contributed by atoms with Gasteiger partial charge in [0.2, 0.25) is 0 Å². The largest absolute Gasteiger partial charge is 0.497 e. The number of H-pyrrole nitrogens is 1. The average molecular weight is 452 g/mol. The van der Waals surface area contributed by atoms with E-state index in [4.69, 9.17) is 10.5 Å². The number of nitrogens with two attached hydrogens (primary N) is 1. The first-order valence-electron chi connectivity index (χ1n) is 11.7. The maximum atomic E-state index is 12.6. The van der Waals surface area contributed by atoms with Crippen molar-refractivity contribution in [1.29, 1.82) is 0 Å². The second kappa shape index (κ2) is 11.1. The molecule has 2 fully saturated rings. The predicted molar refractivity (Wildman–Crippen MR) is 128 cm³/mol. The molecule has 1 saturated carbocycles. The summed E-state index contributed by atoms with van der Waals surface area (Å²) in [4.78, 5) is 14.9. The number of hydrogen-bond acceptors (Lipinski definition) is 7. The van der Waals surface area contributed by atoms with Crippen LogP contribution in [0.3, 0.4) is 0 Å². The number of nitrogens with zero attached hydrogens (tertiary/aromatic N) is 4. The molecule has 3 aromatic rings. The minimum absolute atomic E-state index is 0.206. The summed E-state index contributed by atoms with van der Waals surface area (Å²) in [6, 6.07) is 7.40. The average Bonchev–Trinajstić information content (AvgIpc) is 3.31. The SMILES string of the molecule is COc1cc(C(=O)NCc2ccc(N3CCCCC3)nn2)c2cn[nH]c2c1.NCC1CCC1. The molecule has 4 N–H and O–H groups in total. The van der Waals surface area contributed by atoms with E-state index in [0.717, 1.165) is 48.0 Å². The van der Waals surface area contributed by atoms with E-state index in [-0.39, 0.29) is 5.91 Å². The quantitative estimate of drug-likeness (QED) is 0.526. The Balaban J connectivity index is 0.000000376. The zero-order valence-corrected chi connectivity index (χ0v) is 19.2. The van der Waals surface area contributed by atoms with Gasteiger partial charge in [0.1, 0.15) is 5.75 Å². The number of hydrogen-bond donors (Lipinski definition) is 3. The van der Waals surface area contributed by atoms with Gasteiger partial charge in [-0.2, -0.15) is 10.2 Å². The van der Waals surface area contributed by atoms with Gasteiger partial charge in [-0.25, -0.2) is 0 Å². The standard InChI is InChI=1S/C19H22N6O2.C5H11N/c1-27-14-9-15(16-12-21-23-17(16)10-14)19(26)20-11-13-5-6-18(24-22-13)25-7-3-2-4-8-25;6-4-5-2-1-3-5/h5-6,9-10,12H,2-4,7-8,11H2,1H3,(H,20,26)(H,21,23);5H,1-4,6H2. The van der Waals surface area contributed by atoms with Crippen molar-refractivity contribution in [2.45, 2.75) is 45.1 Å². The molecule has 0 atom stereocenters. The lowest BCUT2D eigenvalue weighted by atomic mass is 9.86. The number of piperidine rings is 1. The monoisotopic (exact) mass is 451 g/mol. The number of aromatic amines is 1. The maximum Gasteiger partial charge on any atom is 0.252 e. The molecule has 0 bridgehead atoms. The van der Waals surface area contributed by atoms with Crippen LogP contribution in [0.5, 0.6) is 5.75 Å². The highest BCUT2D eigenvalue weighted by atomic mass is 16.5. The van der Waals surface area contributed by atoms with E-state index in [1.165, 1.54) is 38.5 Å². The van der Waals surface area contributed by atoms with Gasteiger partial charge in [0.25, 0.3) is 5.91 Å². The van der Waals surface area contributed by atoms with Crippen molar-refractivity contribution < 1.29 is 9.53 Å². The molecule has 9 nitrogen and oxygen atoms in total. The first kappa shape index (κ1) is 23.0. The summed E-state index contributed by atoms with van der Waals surface area (Å²) in [5, 5.41) is 19.1. The second-order valence-corrected chi connectivity index (χ2v) is 8.65. The van der Waals surface area contributed by atoms with Crippen LogP contribution in [0.15, 0.2) is 30.5 Å². The molecule has 0 spiro atoms. The number of nitrogens with one attached hydrogen (secondary N) is 2. The van der Waals surface area contributed by atoms with Crippen LogP contribution < -0.4 is 20.7 Å². The van der Waals surface area contributed by atoms with Gasteiger partial charge >= 0.3 is 0 Å². The number of aromatic nitrogens is 4. The highest BCUT2D eigenvalue weighted by Crippen LogP contribution is 2.24. The smallest absolute Gasteiger partial charge is 0.252 e. The van der Waals surface area contributed by atoms with Crippen molar-refractivity contribution in [2.24, 2.45) is 11.7 Å². The van der Waals surface area contributed by atoms with Crippen molar-refractivity contribution in [1.82, 2.24) is 25.7 Å². The van der Waals surface area contributed by atoms with Crippen molar-refractivity contribution in [3.63, 3.8) is 0 Å². The van der Waals surface area contributed by atoms with E-state index in [9.17, 15) is 4.79 Å². The highest BCUT2D eigenvalue weighted by molar-refractivity contribution is 6.06. The van der Waals surface area contributed by atoms with Crippen LogP contribution in [-0.2, 0) is 6.54 Å². The van der Waals surface area contributed by atoms with Crippen LogP contribution in [-0.4, -0.2) is 53.0 Å². The minimum atomic E-state index is -0.206.